The highest BCUT2D eigenvalue weighted by Crippen LogP contribution is 2.36. The van der Waals surface area contributed by atoms with Crippen LogP contribution in [0.2, 0.25) is 0 Å². The summed E-state index contributed by atoms with van der Waals surface area (Å²) < 4.78 is 1.93. The van der Waals surface area contributed by atoms with E-state index >= 15 is 0 Å². The van der Waals surface area contributed by atoms with Gasteiger partial charge in [0.05, 0.1) is 0 Å². The Balaban J connectivity index is 2.14. The Hall–Kier alpha value is -1.77. The maximum atomic E-state index is 4.66. The fourth-order valence-corrected chi connectivity index (χ4v) is 3.28. The average molecular weight is 255 g/mol. The summed E-state index contributed by atoms with van der Waals surface area (Å²) in [5, 5.41) is 4.66. The molecule has 0 N–H and O–H groups in total. The summed E-state index contributed by atoms with van der Waals surface area (Å²) in [6, 6.07) is 4.53. The molecular formula is C16H21N3. The van der Waals surface area contributed by atoms with Crippen LogP contribution in [0.5, 0.6) is 0 Å². The third-order valence-electron chi connectivity index (χ3n) is 3.87. The van der Waals surface area contributed by atoms with Gasteiger partial charge in [-0.2, -0.15) is 5.10 Å². The zero-order valence-corrected chi connectivity index (χ0v) is 12.2. The number of hydrogen-bond donors (Lipinski definition) is 0. The molecule has 0 amide bonds. The predicted molar refractivity (Wildman–Crippen MR) is 79.2 cm³/mol. The van der Waals surface area contributed by atoms with Crippen LogP contribution in [0.3, 0.4) is 0 Å². The summed E-state index contributed by atoms with van der Waals surface area (Å²) in [5.41, 5.74) is 6.72. The molecule has 2 heterocycles. The Labute approximate surface area is 114 Å². The van der Waals surface area contributed by atoms with Gasteiger partial charge in [-0.25, -0.2) is 0 Å². The first-order chi connectivity index (χ1) is 9.06. The fourth-order valence-electron chi connectivity index (χ4n) is 3.28. The first-order valence-corrected chi connectivity index (χ1v) is 6.94. The lowest BCUT2D eigenvalue weighted by Crippen LogP contribution is -2.26. The Morgan fingerprint density at radius 2 is 1.79 bits per heavy atom. The molecular weight excluding hydrogens is 234 g/mol. The molecule has 1 aromatic heterocycles. The van der Waals surface area contributed by atoms with E-state index in [1.807, 2.05) is 11.7 Å². The van der Waals surface area contributed by atoms with Crippen LogP contribution in [-0.4, -0.2) is 16.3 Å². The smallest absolute Gasteiger partial charge is 0.158 e. The Bertz CT molecular complexity index is 602. The molecule has 1 aliphatic heterocycles. The molecule has 0 spiro atoms. The fraction of sp³-hybridized carbons (Fsp3) is 0.438. The Kier molecular flexibility index (Phi) is 2.85. The molecule has 0 fully saturated rings. The molecule has 0 saturated heterocycles. The number of benzene rings is 1. The minimum atomic E-state index is 1.06. The highest BCUT2D eigenvalue weighted by atomic mass is 15.3. The number of rotatable bonds is 1. The molecule has 0 radical (unpaired) electrons. The highest BCUT2D eigenvalue weighted by Gasteiger charge is 2.23. The molecule has 0 atom stereocenters. The molecule has 3 rings (SSSR count). The number of fused-ring (bicyclic) bond motifs is 1. The summed E-state index contributed by atoms with van der Waals surface area (Å²) in [5.74, 6) is 1.14. The van der Waals surface area contributed by atoms with Crippen molar-refractivity contribution < 1.29 is 0 Å². The lowest BCUT2D eigenvalue weighted by molar-refractivity contribution is 0.740. The quantitative estimate of drug-likeness (QED) is 0.778. The third-order valence-corrected chi connectivity index (χ3v) is 3.87. The van der Waals surface area contributed by atoms with Gasteiger partial charge in [0, 0.05) is 31.0 Å². The van der Waals surface area contributed by atoms with Crippen molar-refractivity contribution in [2.24, 2.45) is 7.05 Å². The highest BCUT2D eigenvalue weighted by molar-refractivity contribution is 5.70. The second-order valence-corrected chi connectivity index (χ2v) is 5.65. The second-order valence-electron chi connectivity index (χ2n) is 5.65. The lowest BCUT2D eigenvalue weighted by Gasteiger charge is -2.30. The predicted octanol–water partition coefficient (Wildman–Crippen LogP) is 3.43. The van der Waals surface area contributed by atoms with Crippen LogP contribution in [0.1, 0.15) is 28.7 Å². The van der Waals surface area contributed by atoms with Crippen molar-refractivity contribution in [1.82, 2.24) is 9.78 Å². The van der Waals surface area contributed by atoms with E-state index in [1.165, 1.54) is 34.4 Å². The first-order valence-electron chi connectivity index (χ1n) is 6.94. The Morgan fingerprint density at radius 1 is 1.11 bits per heavy atom. The number of nitrogens with zero attached hydrogens (tertiary/aromatic N) is 3. The van der Waals surface area contributed by atoms with E-state index in [0.29, 0.717) is 0 Å². The number of aromatic nitrogens is 2. The summed E-state index contributed by atoms with van der Waals surface area (Å²) in [7, 11) is 2.01. The van der Waals surface area contributed by atoms with Gasteiger partial charge in [0.15, 0.2) is 5.82 Å². The maximum absolute atomic E-state index is 4.66. The number of hydrogen-bond acceptors (Lipinski definition) is 2. The maximum Gasteiger partial charge on any atom is 0.158 e. The van der Waals surface area contributed by atoms with E-state index in [0.717, 1.165) is 18.8 Å². The van der Waals surface area contributed by atoms with Gasteiger partial charge >= 0.3 is 0 Å². The number of anilines is 2. The summed E-state index contributed by atoms with van der Waals surface area (Å²) in [6.45, 7) is 7.63. The van der Waals surface area contributed by atoms with Crippen LogP contribution in [0.25, 0.3) is 0 Å². The zero-order chi connectivity index (χ0) is 13.6. The lowest BCUT2D eigenvalue weighted by atomic mass is 10.0. The topological polar surface area (TPSA) is 21.1 Å². The largest absolute Gasteiger partial charge is 0.324 e. The molecule has 2 aromatic rings. The van der Waals surface area contributed by atoms with Gasteiger partial charge in [-0.1, -0.05) is 17.7 Å². The van der Waals surface area contributed by atoms with Crippen LogP contribution in [0, 0.1) is 20.8 Å². The summed E-state index contributed by atoms with van der Waals surface area (Å²) in [6.07, 6.45) is 4.50. The third kappa shape index (κ3) is 2.03. The molecule has 0 aliphatic carbocycles. The monoisotopic (exact) mass is 255 g/mol. The summed E-state index contributed by atoms with van der Waals surface area (Å²) >= 11 is 0. The molecule has 1 aliphatic rings. The molecule has 0 saturated carbocycles. The van der Waals surface area contributed by atoms with Crippen molar-refractivity contribution in [3.05, 3.63) is 40.6 Å². The van der Waals surface area contributed by atoms with E-state index in [2.05, 4.69) is 49.1 Å². The molecule has 19 heavy (non-hydrogen) atoms. The van der Waals surface area contributed by atoms with Crippen LogP contribution >= 0.6 is 0 Å². The number of aryl methyl sites for hydroxylation is 5. The van der Waals surface area contributed by atoms with E-state index in [4.69, 9.17) is 0 Å². The van der Waals surface area contributed by atoms with Gasteiger partial charge in [-0.15, -0.1) is 0 Å². The van der Waals surface area contributed by atoms with Crippen molar-refractivity contribution in [3.63, 3.8) is 0 Å². The van der Waals surface area contributed by atoms with Crippen LogP contribution in [0.4, 0.5) is 11.5 Å². The van der Waals surface area contributed by atoms with E-state index < -0.39 is 0 Å². The van der Waals surface area contributed by atoms with E-state index in [9.17, 15) is 0 Å². The normalized spacial score (nSPS) is 14.6. The minimum absolute atomic E-state index is 1.06. The van der Waals surface area contributed by atoms with Gasteiger partial charge in [0.2, 0.25) is 0 Å². The van der Waals surface area contributed by atoms with Gasteiger partial charge in [-0.05, 0) is 44.7 Å². The van der Waals surface area contributed by atoms with Crippen LogP contribution in [-0.2, 0) is 13.5 Å². The van der Waals surface area contributed by atoms with Crippen molar-refractivity contribution in [2.75, 3.05) is 11.4 Å². The molecule has 3 heteroatoms. The van der Waals surface area contributed by atoms with Crippen molar-refractivity contribution in [1.29, 1.82) is 0 Å². The van der Waals surface area contributed by atoms with Crippen molar-refractivity contribution in [2.45, 2.75) is 33.6 Å². The van der Waals surface area contributed by atoms with Gasteiger partial charge in [-0.3, -0.25) is 4.68 Å². The molecule has 3 nitrogen and oxygen atoms in total. The average Bonchev–Trinajstić information content (AvgIpc) is 2.68. The molecule has 0 unspecified atom stereocenters. The SMILES string of the molecule is Cc1cc(C)c(N2CCCc3cn(C)nc32)c(C)c1. The molecule has 0 bridgehead atoms. The molecule has 1 aromatic carbocycles. The van der Waals surface area contributed by atoms with Gasteiger partial charge < -0.3 is 4.90 Å². The minimum Gasteiger partial charge on any atom is -0.324 e. The van der Waals surface area contributed by atoms with Gasteiger partial charge in [0.25, 0.3) is 0 Å². The Morgan fingerprint density at radius 3 is 2.47 bits per heavy atom. The van der Waals surface area contributed by atoms with Crippen LogP contribution < -0.4 is 4.90 Å². The van der Waals surface area contributed by atoms with E-state index in [-0.39, 0.29) is 0 Å². The molecule has 100 valence electrons. The van der Waals surface area contributed by atoms with Crippen molar-refractivity contribution in [3.8, 4) is 0 Å². The van der Waals surface area contributed by atoms with E-state index in [1.54, 1.807) is 0 Å². The standard InChI is InChI=1S/C16H21N3/c1-11-8-12(2)15(13(3)9-11)19-7-5-6-14-10-18(4)17-16(14)19/h8-10H,5-7H2,1-4H3. The van der Waals surface area contributed by atoms with Crippen LogP contribution in [0.15, 0.2) is 18.3 Å². The second kappa shape index (κ2) is 4.41. The first kappa shape index (κ1) is 12.3. The zero-order valence-electron chi connectivity index (χ0n) is 12.2. The summed E-state index contributed by atoms with van der Waals surface area (Å²) in [4.78, 5) is 2.39. The van der Waals surface area contributed by atoms with Crippen molar-refractivity contribution >= 4 is 11.5 Å². The van der Waals surface area contributed by atoms with Gasteiger partial charge in [0.1, 0.15) is 0 Å².